The van der Waals surface area contributed by atoms with Crippen LogP contribution in [0.2, 0.25) is 5.02 Å². The van der Waals surface area contributed by atoms with E-state index in [1.165, 1.54) is 0 Å². The molecule has 150 valence electrons. The lowest BCUT2D eigenvalue weighted by molar-refractivity contribution is 0.0921. The standard InChI is InChI=1S/C20H18ClN3O5/c1-28-13-8-4-10(5-9-13)14-17(25)16(24-23-14)19(26)22-15(18-20(27)29-18)11-2-6-12(21)7-3-11/h2-9,15,18,20,25,27H,1H3,(H,22,26)(H,23,24)/t15-,18?,20?/m0/s1. The maximum atomic E-state index is 12.8. The van der Waals surface area contributed by atoms with E-state index in [-0.39, 0.29) is 17.1 Å². The molecule has 0 aliphatic carbocycles. The van der Waals surface area contributed by atoms with Gasteiger partial charge in [0.05, 0.1) is 13.2 Å². The number of aliphatic hydroxyl groups is 1. The molecule has 8 nitrogen and oxygen atoms in total. The zero-order valence-electron chi connectivity index (χ0n) is 15.3. The van der Waals surface area contributed by atoms with Crippen molar-refractivity contribution in [3.8, 4) is 22.8 Å². The van der Waals surface area contributed by atoms with Crippen molar-refractivity contribution in [3.05, 3.63) is 64.8 Å². The molecule has 4 rings (SSSR count). The van der Waals surface area contributed by atoms with E-state index >= 15 is 0 Å². The van der Waals surface area contributed by atoms with Gasteiger partial charge < -0.3 is 25.0 Å². The second-order valence-corrected chi connectivity index (χ2v) is 6.95. The van der Waals surface area contributed by atoms with E-state index in [2.05, 4.69) is 15.5 Å². The van der Waals surface area contributed by atoms with Crippen LogP contribution >= 0.6 is 11.6 Å². The number of aliphatic hydroxyl groups excluding tert-OH is 1. The first kappa shape index (κ1) is 19.3. The van der Waals surface area contributed by atoms with Crippen LogP contribution in [0.5, 0.6) is 11.5 Å². The molecule has 1 aromatic heterocycles. The number of nitrogens with one attached hydrogen (secondary N) is 2. The average Bonchev–Trinajstić information content (AvgIpc) is 3.33. The number of aromatic amines is 1. The van der Waals surface area contributed by atoms with E-state index in [4.69, 9.17) is 21.1 Å². The predicted molar refractivity (Wildman–Crippen MR) is 105 cm³/mol. The zero-order valence-corrected chi connectivity index (χ0v) is 16.1. The highest BCUT2D eigenvalue weighted by molar-refractivity contribution is 6.30. The molecule has 0 saturated carbocycles. The Hall–Kier alpha value is -3.07. The van der Waals surface area contributed by atoms with Crippen LogP contribution in [0, 0.1) is 0 Å². The van der Waals surface area contributed by atoms with Crippen molar-refractivity contribution in [2.75, 3.05) is 7.11 Å². The Bertz CT molecular complexity index is 1020. The van der Waals surface area contributed by atoms with E-state index in [9.17, 15) is 15.0 Å². The van der Waals surface area contributed by atoms with Gasteiger partial charge >= 0.3 is 0 Å². The molecule has 29 heavy (non-hydrogen) atoms. The summed E-state index contributed by atoms with van der Waals surface area (Å²) in [5.74, 6) is -0.201. The van der Waals surface area contributed by atoms with Crippen molar-refractivity contribution in [1.82, 2.24) is 15.5 Å². The molecule has 1 saturated heterocycles. The minimum Gasteiger partial charge on any atom is -0.504 e. The highest BCUT2D eigenvalue weighted by Crippen LogP contribution is 2.35. The Labute approximate surface area is 171 Å². The Morgan fingerprint density at radius 1 is 1.24 bits per heavy atom. The van der Waals surface area contributed by atoms with Gasteiger partial charge in [0.25, 0.3) is 5.91 Å². The Morgan fingerprint density at radius 2 is 1.90 bits per heavy atom. The summed E-state index contributed by atoms with van der Waals surface area (Å²) < 4.78 is 10.2. The minimum absolute atomic E-state index is 0.0927. The second kappa shape index (κ2) is 7.75. The summed E-state index contributed by atoms with van der Waals surface area (Å²) in [4.78, 5) is 12.8. The van der Waals surface area contributed by atoms with Gasteiger partial charge in [-0.1, -0.05) is 23.7 Å². The van der Waals surface area contributed by atoms with E-state index in [0.29, 0.717) is 21.9 Å². The van der Waals surface area contributed by atoms with Crippen molar-refractivity contribution < 1.29 is 24.5 Å². The summed E-state index contributed by atoms with van der Waals surface area (Å²) >= 11 is 5.92. The second-order valence-electron chi connectivity index (χ2n) is 6.52. The van der Waals surface area contributed by atoms with E-state index in [0.717, 1.165) is 0 Å². The molecule has 1 aliphatic heterocycles. The average molecular weight is 416 g/mol. The number of amides is 1. The molecular weight excluding hydrogens is 398 g/mol. The maximum absolute atomic E-state index is 12.8. The number of rotatable bonds is 6. The number of ether oxygens (including phenoxy) is 2. The fraction of sp³-hybridized carbons (Fsp3) is 0.200. The number of carbonyl (C=O) groups excluding carboxylic acids is 1. The summed E-state index contributed by atoms with van der Waals surface area (Å²) in [6.45, 7) is 0. The first-order chi connectivity index (χ1) is 14.0. The largest absolute Gasteiger partial charge is 0.504 e. The highest BCUT2D eigenvalue weighted by Gasteiger charge is 2.45. The lowest BCUT2D eigenvalue weighted by atomic mass is 10.0. The normalized spacial score (nSPS) is 18.9. The summed E-state index contributed by atoms with van der Waals surface area (Å²) in [7, 11) is 1.56. The van der Waals surface area contributed by atoms with Crippen molar-refractivity contribution in [1.29, 1.82) is 0 Å². The van der Waals surface area contributed by atoms with Gasteiger partial charge in [0.15, 0.2) is 17.7 Å². The molecular formula is C20H18ClN3O5. The predicted octanol–water partition coefficient (Wildman–Crippen LogP) is 2.63. The smallest absolute Gasteiger partial charge is 0.273 e. The summed E-state index contributed by atoms with van der Waals surface area (Å²) in [5.41, 5.74) is 1.47. The minimum atomic E-state index is -0.971. The molecule has 1 amide bonds. The number of carbonyl (C=O) groups is 1. The Morgan fingerprint density at radius 3 is 2.48 bits per heavy atom. The first-order valence-corrected chi connectivity index (χ1v) is 9.17. The van der Waals surface area contributed by atoms with Crippen molar-refractivity contribution in [2.24, 2.45) is 0 Å². The van der Waals surface area contributed by atoms with Gasteiger partial charge in [0.2, 0.25) is 0 Å². The molecule has 1 aliphatic rings. The van der Waals surface area contributed by atoms with E-state index in [1.807, 2.05) is 0 Å². The molecule has 0 spiro atoms. The van der Waals surface area contributed by atoms with E-state index in [1.54, 1.807) is 55.6 Å². The highest BCUT2D eigenvalue weighted by atomic mass is 35.5. The molecule has 1 fully saturated rings. The molecule has 9 heteroatoms. The van der Waals surface area contributed by atoms with Gasteiger partial charge in [-0.05, 0) is 42.0 Å². The van der Waals surface area contributed by atoms with Crippen LogP contribution in [-0.4, -0.2) is 45.8 Å². The summed E-state index contributed by atoms with van der Waals surface area (Å²) in [5, 5.41) is 30.1. The lowest BCUT2D eigenvalue weighted by Gasteiger charge is -2.16. The third-order valence-electron chi connectivity index (χ3n) is 4.68. The van der Waals surface area contributed by atoms with Crippen molar-refractivity contribution in [2.45, 2.75) is 18.4 Å². The third-order valence-corrected chi connectivity index (χ3v) is 4.93. The van der Waals surface area contributed by atoms with Gasteiger partial charge in [-0.3, -0.25) is 9.89 Å². The number of halogens is 1. The zero-order chi connectivity index (χ0) is 20.5. The van der Waals surface area contributed by atoms with Crippen LogP contribution in [0.4, 0.5) is 0 Å². The van der Waals surface area contributed by atoms with Crippen LogP contribution in [0.25, 0.3) is 11.3 Å². The van der Waals surface area contributed by atoms with Gasteiger partial charge in [-0.25, -0.2) is 0 Å². The van der Waals surface area contributed by atoms with Crippen LogP contribution in [0.3, 0.4) is 0 Å². The molecule has 2 heterocycles. The van der Waals surface area contributed by atoms with Crippen LogP contribution < -0.4 is 10.1 Å². The quantitative estimate of drug-likeness (QED) is 0.459. The SMILES string of the molecule is COc1ccc(-c2n[nH]c(C(=O)N[C@@H](c3ccc(Cl)cc3)C3OC3O)c2O)cc1. The Balaban J connectivity index is 1.57. The monoisotopic (exact) mass is 415 g/mol. The topological polar surface area (TPSA) is 120 Å². The molecule has 0 radical (unpaired) electrons. The number of aromatic nitrogens is 2. The first-order valence-electron chi connectivity index (χ1n) is 8.79. The molecule has 3 atom stereocenters. The number of aromatic hydroxyl groups is 1. The maximum Gasteiger partial charge on any atom is 0.273 e. The summed E-state index contributed by atoms with van der Waals surface area (Å²) in [6, 6.07) is 13.1. The summed E-state index contributed by atoms with van der Waals surface area (Å²) in [6.07, 6.45) is -1.56. The van der Waals surface area contributed by atoms with Crippen molar-refractivity contribution in [3.63, 3.8) is 0 Å². The van der Waals surface area contributed by atoms with Gasteiger partial charge in [-0.15, -0.1) is 0 Å². The number of methoxy groups -OCH3 is 1. The fourth-order valence-electron chi connectivity index (χ4n) is 3.04. The van der Waals surface area contributed by atoms with Crippen LogP contribution in [0.15, 0.2) is 48.5 Å². The number of H-pyrrole nitrogens is 1. The number of hydrogen-bond acceptors (Lipinski definition) is 6. The van der Waals surface area contributed by atoms with Crippen LogP contribution in [0.1, 0.15) is 22.1 Å². The number of nitrogens with zero attached hydrogens (tertiary/aromatic N) is 1. The number of hydrogen-bond donors (Lipinski definition) is 4. The third kappa shape index (κ3) is 3.91. The number of benzene rings is 2. The van der Waals surface area contributed by atoms with Gasteiger partial charge in [0.1, 0.15) is 17.5 Å². The van der Waals surface area contributed by atoms with E-state index < -0.39 is 24.3 Å². The molecule has 2 aromatic carbocycles. The fourth-order valence-corrected chi connectivity index (χ4v) is 3.17. The molecule has 3 aromatic rings. The Kier molecular flexibility index (Phi) is 5.14. The molecule has 0 bridgehead atoms. The molecule has 2 unspecified atom stereocenters. The van der Waals surface area contributed by atoms with Gasteiger partial charge in [-0.2, -0.15) is 5.10 Å². The molecule has 4 N–H and O–H groups in total. The number of epoxide rings is 1. The lowest BCUT2D eigenvalue weighted by Crippen LogP contribution is -2.33. The van der Waals surface area contributed by atoms with Crippen LogP contribution in [-0.2, 0) is 4.74 Å². The van der Waals surface area contributed by atoms with Gasteiger partial charge in [0, 0.05) is 10.6 Å². The van der Waals surface area contributed by atoms with Crippen molar-refractivity contribution >= 4 is 17.5 Å².